The molecule has 0 aromatic heterocycles. The number of hydrogen-bond donors (Lipinski definition) is 0. The summed E-state index contributed by atoms with van der Waals surface area (Å²) in [6.45, 7) is 5.67. The Morgan fingerprint density at radius 3 is 1.90 bits per heavy atom. The summed E-state index contributed by atoms with van der Waals surface area (Å²) in [7, 11) is 0. The molecule has 2 aliphatic rings. The minimum atomic E-state index is -0.786. The van der Waals surface area contributed by atoms with Crippen LogP contribution in [0.5, 0.6) is 5.75 Å². The molecule has 0 spiro atoms. The summed E-state index contributed by atoms with van der Waals surface area (Å²) in [4.78, 5) is 0. The van der Waals surface area contributed by atoms with Crippen molar-refractivity contribution in [2.24, 2.45) is 0 Å². The molecule has 0 unspecified atom stereocenters. The maximum Gasteiger partial charge on any atom is 0.164 e. The lowest BCUT2D eigenvalue weighted by Gasteiger charge is -2.30. The van der Waals surface area contributed by atoms with Crippen LogP contribution in [-0.4, -0.2) is 25.4 Å². The first-order valence-corrected chi connectivity index (χ1v) is 15.1. The maximum absolute atomic E-state index is 15.0. The third kappa shape index (κ3) is 8.23. The van der Waals surface area contributed by atoms with Crippen molar-refractivity contribution in [1.29, 1.82) is 0 Å². The molecule has 0 atom stereocenters. The van der Waals surface area contributed by atoms with Gasteiger partial charge in [0.1, 0.15) is 11.6 Å². The molecule has 216 valence electrons. The lowest BCUT2D eigenvalue weighted by atomic mass is 9.82. The van der Waals surface area contributed by atoms with E-state index in [-0.39, 0.29) is 42.0 Å². The average molecular weight is 547 g/mol. The molecule has 0 heterocycles. The van der Waals surface area contributed by atoms with Crippen molar-refractivity contribution < 1.29 is 27.4 Å². The van der Waals surface area contributed by atoms with E-state index in [1.807, 2.05) is 12.1 Å². The second kappa shape index (κ2) is 15.1. The second-order valence-electron chi connectivity index (χ2n) is 11.3. The van der Waals surface area contributed by atoms with Crippen molar-refractivity contribution in [3.8, 4) is 5.75 Å². The molecule has 2 fully saturated rings. The minimum Gasteiger partial charge on any atom is -0.493 e. The van der Waals surface area contributed by atoms with Crippen molar-refractivity contribution in [3.63, 3.8) is 0 Å². The van der Waals surface area contributed by atoms with Crippen LogP contribution in [0.4, 0.5) is 13.2 Å². The molecule has 2 aliphatic carbocycles. The van der Waals surface area contributed by atoms with Crippen LogP contribution >= 0.6 is 0 Å². The zero-order valence-electron chi connectivity index (χ0n) is 23.7. The van der Waals surface area contributed by atoms with E-state index in [1.54, 1.807) is 12.1 Å². The molecule has 39 heavy (non-hydrogen) atoms. The van der Waals surface area contributed by atoms with Gasteiger partial charge in [0.2, 0.25) is 0 Å². The summed E-state index contributed by atoms with van der Waals surface area (Å²) in [5.41, 5.74) is 1.47. The zero-order chi connectivity index (χ0) is 27.6. The van der Waals surface area contributed by atoms with Crippen molar-refractivity contribution >= 4 is 0 Å². The molecule has 2 aromatic rings. The Bertz CT molecular complexity index is 1030. The number of hydrogen-bond acceptors (Lipinski definition) is 3. The first kappa shape index (κ1) is 29.9. The van der Waals surface area contributed by atoms with Crippen LogP contribution in [0.25, 0.3) is 0 Å². The molecule has 0 N–H and O–H groups in total. The van der Waals surface area contributed by atoms with Crippen molar-refractivity contribution in [1.82, 2.24) is 0 Å². The Hall–Kier alpha value is -2.05. The molecular weight excluding hydrogens is 501 g/mol. The van der Waals surface area contributed by atoms with E-state index < -0.39 is 11.6 Å². The van der Waals surface area contributed by atoms with Gasteiger partial charge in [-0.1, -0.05) is 44.9 Å². The van der Waals surface area contributed by atoms with Crippen LogP contribution in [0.15, 0.2) is 30.3 Å². The van der Waals surface area contributed by atoms with E-state index >= 15 is 4.39 Å². The van der Waals surface area contributed by atoms with Gasteiger partial charge in [0.05, 0.1) is 25.4 Å². The standard InChI is InChI=1S/C33H45F3O3/c1-3-5-19-37-26-12-9-24(10-13-26)30-17-11-25(32(35)33(30)36)22-39-27-14-7-23(8-15-27)29-18-16-28(21-31(29)34)38-20-6-4-2/h11,16-18,21,23-24,26-27H,3-10,12-15,19-20,22H2,1-2H3. The first-order valence-electron chi connectivity index (χ1n) is 15.1. The smallest absolute Gasteiger partial charge is 0.164 e. The van der Waals surface area contributed by atoms with Gasteiger partial charge in [-0.15, -0.1) is 0 Å². The Kier molecular flexibility index (Phi) is 11.6. The van der Waals surface area contributed by atoms with Gasteiger partial charge in [-0.3, -0.25) is 0 Å². The predicted octanol–water partition coefficient (Wildman–Crippen LogP) is 9.37. The number of unbranched alkanes of at least 4 members (excludes halogenated alkanes) is 2. The Balaban J connectivity index is 1.24. The van der Waals surface area contributed by atoms with E-state index in [4.69, 9.17) is 14.2 Å². The number of rotatable bonds is 13. The third-order valence-corrected chi connectivity index (χ3v) is 8.48. The second-order valence-corrected chi connectivity index (χ2v) is 11.3. The highest BCUT2D eigenvalue weighted by atomic mass is 19.2. The predicted molar refractivity (Wildman–Crippen MR) is 149 cm³/mol. The summed E-state index contributed by atoms with van der Waals surface area (Å²) in [5, 5.41) is 0. The Labute approximate surface area is 232 Å². The fraction of sp³-hybridized carbons (Fsp3) is 0.636. The van der Waals surface area contributed by atoms with Crippen LogP contribution in [0.2, 0.25) is 0 Å². The largest absolute Gasteiger partial charge is 0.493 e. The molecule has 0 saturated heterocycles. The van der Waals surface area contributed by atoms with Gasteiger partial charge in [0.15, 0.2) is 11.6 Å². The normalized spacial score (nSPS) is 23.6. The van der Waals surface area contributed by atoms with Gasteiger partial charge in [-0.05, 0) is 93.2 Å². The fourth-order valence-electron chi connectivity index (χ4n) is 5.98. The van der Waals surface area contributed by atoms with Gasteiger partial charge >= 0.3 is 0 Å². The minimum absolute atomic E-state index is 0.0353. The van der Waals surface area contributed by atoms with Gasteiger partial charge in [0.25, 0.3) is 0 Å². The first-order chi connectivity index (χ1) is 19.0. The molecule has 0 bridgehead atoms. The summed E-state index contributed by atoms with van der Waals surface area (Å²) in [6.07, 6.45) is 10.9. The number of halogens is 3. The topological polar surface area (TPSA) is 27.7 Å². The molecule has 0 amide bonds. The maximum atomic E-state index is 15.0. The molecule has 0 radical (unpaired) electrons. The van der Waals surface area contributed by atoms with Crippen LogP contribution in [0.3, 0.4) is 0 Å². The van der Waals surface area contributed by atoms with Crippen LogP contribution < -0.4 is 4.74 Å². The van der Waals surface area contributed by atoms with Crippen LogP contribution in [0.1, 0.15) is 119 Å². The molecule has 0 aliphatic heterocycles. The van der Waals surface area contributed by atoms with Crippen molar-refractivity contribution in [2.45, 2.75) is 122 Å². The average Bonchev–Trinajstić information content (AvgIpc) is 2.95. The zero-order valence-corrected chi connectivity index (χ0v) is 23.7. The van der Waals surface area contributed by atoms with E-state index in [9.17, 15) is 8.78 Å². The Morgan fingerprint density at radius 2 is 1.26 bits per heavy atom. The number of benzene rings is 2. The summed E-state index contributed by atoms with van der Waals surface area (Å²) in [5.74, 6) is -0.989. The quantitative estimate of drug-likeness (QED) is 0.234. The molecule has 6 heteroatoms. The third-order valence-electron chi connectivity index (χ3n) is 8.48. The molecule has 3 nitrogen and oxygen atoms in total. The van der Waals surface area contributed by atoms with Crippen molar-refractivity contribution in [3.05, 3.63) is 64.5 Å². The number of ether oxygens (including phenoxy) is 3. The fourth-order valence-corrected chi connectivity index (χ4v) is 5.98. The van der Waals surface area contributed by atoms with Crippen LogP contribution in [0, 0.1) is 17.5 Å². The van der Waals surface area contributed by atoms with Gasteiger partial charge in [-0.2, -0.15) is 0 Å². The highest BCUT2D eigenvalue weighted by Gasteiger charge is 2.28. The molecule has 4 rings (SSSR count). The molecule has 2 saturated carbocycles. The molecular formula is C33H45F3O3. The summed E-state index contributed by atoms with van der Waals surface area (Å²) >= 11 is 0. The summed E-state index contributed by atoms with van der Waals surface area (Å²) in [6, 6.07) is 8.61. The monoisotopic (exact) mass is 546 g/mol. The lowest BCUT2D eigenvalue weighted by Crippen LogP contribution is -2.22. The van der Waals surface area contributed by atoms with Gasteiger partial charge < -0.3 is 14.2 Å². The van der Waals surface area contributed by atoms with E-state index in [2.05, 4.69) is 13.8 Å². The highest BCUT2D eigenvalue weighted by molar-refractivity contribution is 5.32. The molecule has 2 aromatic carbocycles. The van der Waals surface area contributed by atoms with Gasteiger partial charge in [0, 0.05) is 18.2 Å². The van der Waals surface area contributed by atoms with E-state index in [1.165, 1.54) is 6.07 Å². The van der Waals surface area contributed by atoms with Crippen molar-refractivity contribution in [2.75, 3.05) is 13.2 Å². The van der Waals surface area contributed by atoms with Gasteiger partial charge in [-0.25, -0.2) is 13.2 Å². The van der Waals surface area contributed by atoms with E-state index in [0.717, 1.165) is 89.2 Å². The summed E-state index contributed by atoms with van der Waals surface area (Å²) < 4.78 is 62.3. The SMILES string of the molecule is CCCCOc1ccc(C2CCC(OCc3ccc(C4CCC(OCCCC)CC4)c(F)c3F)CC2)c(F)c1. The van der Waals surface area contributed by atoms with E-state index in [0.29, 0.717) is 17.9 Å². The lowest BCUT2D eigenvalue weighted by molar-refractivity contribution is 0.0116. The van der Waals surface area contributed by atoms with Crippen LogP contribution in [-0.2, 0) is 16.1 Å². The highest BCUT2D eigenvalue weighted by Crippen LogP contribution is 2.38. The Morgan fingerprint density at radius 1 is 0.667 bits per heavy atom.